The van der Waals surface area contributed by atoms with E-state index in [1.807, 2.05) is 54.6 Å². The number of benzene rings is 2. The number of fused-ring (bicyclic) bond motifs is 1. The maximum Gasteiger partial charge on any atom is 0.342 e. The number of rotatable bonds is 6. The van der Waals surface area contributed by atoms with Gasteiger partial charge >= 0.3 is 5.97 Å². The van der Waals surface area contributed by atoms with Gasteiger partial charge in [-0.15, -0.1) is 0 Å². The average molecular weight is 430 g/mol. The van der Waals surface area contributed by atoms with Crippen molar-refractivity contribution in [1.82, 2.24) is 15.1 Å². The Morgan fingerprint density at radius 1 is 1.06 bits per heavy atom. The van der Waals surface area contributed by atoms with Crippen LogP contribution in [0.1, 0.15) is 29.1 Å². The normalized spacial score (nSPS) is 13.5. The largest absolute Gasteiger partial charge is 0.497 e. The summed E-state index contributed by atoms with van der Waals surface area (Å²) in [7, 11) is 1.60. The second kappa shape index (κ2) is 8.66. The summed E-state index contributed by atoms with van der Waals surface area (Å²) in [6, 6.07) is 16.9. The molecule has 0 aliphatic carbocycles. The molecule has 0 N–H and O–H groups in total. The average Bonchev–Trinajstić information content (AvgIpc) is 3.54. The Balaban J connectivity index is 1.36. The van der Waals surface area contributed by atoms with Crippen LogP contribution in [0.4, 0.5) is 5.82 Å². The third-order valence-corrected chi connectivity index (χ3v) is 5.45. The second-order valence-electron chi connectivity index (χ2n) is 7.57. The van der Waals surface area contributed by atoms with E-state index in [4.69, 9.17) is 19.0 Å². The molecule has 0 amide bonds. The highest BCUT2D eigenvalue weighted by molar-refractivity contribution is 5.99. The zero-order valence-electron chi connectivity index (χ0n) is 17.7. The van der Waals surface area contributed by atoms with Crippen LogP contribution in [-0.2, 0) is 11.3 Å². The lowest BCUT2D eigenvalue weighted by Crippen LogP contribution is -2.23. The lowest BCUT2D eigenvalue weighted by molar-refractivity contribution is 0.0430. The molecule has 8 heteroatoms. The van der Waals surface area contributed by atoms with Crippen molar-refractivity contribution in [3.05, 3.63) is 66.1 Å². The van der Waals surface area contributed by atoms with E-state index in [1.165, 1.54) is 0 Å². The van der Waals surface area contributed by atoms with Crippen molar-refractivity contribution in [2.45, 2.75) is 19.4 Å². The van der Waals surface area contributed by atoms with Crippen LogP contribution in [0.2, 0.25) is 0 Å². The molecule has 0 atom stereocenters. The van der Waals surface area contributed by atoms with Crippen LogP contribution in [0.25, 0.3) is 22.3 Å². The molecule has 1 fully saturated rings. The van der Waals surface area contributed by atoms with Crippen molar-refractivity contribution in [2.75, 3.05) is 25.1 Å². The Kier molecular flexibility index (Phi) is 5.41. The summed E-state index contributed by atoms with van der Waals surface area (Å²) < 4.78 is 16.0. The summed E-state index contributed by atoms with van der Waals surface area (Å²) in [6.07, 6.45) is 2.16. The molecule has 3 heterocycles. The summed E-state index contributed by atoms with van der Waals surface area (Å²) in [4.78, 5) is 24.2. The lowest BCUT2D eigenvalue weighted by Gasteiger charge is -2.20. The number of ether oxygens (including phenoxy) is 2. The highest BCUT2D eigenvalue weighted by atomic mass is 16.6. The number of nitrogens with zero attached hydrogens (tertiary/aromatic N) is 4. The van der Waals surface area contributed by atoms with Gasteiger partial charge in [-0.3, -0.25) is 0 Å². The van der Waals surface area contributed by atoms with Gasteiger partial charge in [0, 0.05) is 24.0 Å². The third-order valence-electron chi connectivity index (χ3n) is 5.45. The minimum Gasteiger partial charge on any atom is -0.497 e. The molecule has 162 valence electrons. The number of anilines is 1. The first-order valence-corrected chi connectivity index (χ1v) is 10.5. The first-order chi connectivity index (χ1) is 15.7. The Labute approximate surface area is 184 Å². The van der Waals surface area contributed by atoms with Crippen LogP contribution in [-0.4, -0.2) is 41.3 Å². The van der Waals surface area contributed by atoms with Crippen molar-refractivity contribution < 1.29 is 18.8 Å². The minimum atomic E-state index is -0.466. The molecular formula is C24H22N4O4. The summed E-state index contributed by atoms with van der Waals surface area (Å²) in [6.45, 7) is 1.63. The fourth-order valence-corrected chi connectivity index (χ4v) is 3.82. The van der Waals surface area contributed by atoms with Crippen LogP contribution in [0.15, 0.2) is 59.1 Å². The number of hydrogen-bond acceptors (Lipinski definition) is 8. The zero-order chi connectivity index (χ0) is 21.9. The fraction of sp³-hybridized carbons (Fsp3) is 0.250. The summed E-state index contributed by atoms with van der Waals surface area (Å²) >= 11 is 0. The quantitative estimate of drug-likeness (QED) is 0.419. The van der Waals surface area contributed by atoms with Gasteiger partial charge in [0.15, 0.2) is 6.61 Å². The minimum absolute atomic E-state index is 0.123. The molecule has 1 aliphatic heterocycles. The SMILES string of the molecule is COc1cccc(-c2noc(COC(=O)c3cc4ccccc4nc3N3CCCC3)n2)c1. The molecule has 32 heavy (non-hydrogen) atoms. The Hall–Kier alpha value is -3.94. The number of carbonyl (C=O) groups excluding carboxylic acids is 1. The molecule has 0 unspecified atom stereocenters. The van der Waals surface area contributed by atoms with E-state index in [1.54, 1.807) is 7.11 Å². The van der Waals surface area contributed by atoms with Gasteiger partial charge in [-0.1, -0.05) is 35.5 Å². The molecule has 0 spiro atoms. The first kappa shape index (κ1) is 20.0. The van der Waals surface area contributed by atoms with E-state index in [-0.39, 0.29) is 12.5 Å². The number of pyridine rings is 1. The van der Waals surface area contributed by atoms with Crippen LogP contribution >= 0.6 is 0 Å². The zero-order valence-corrected chi connectivity index (χ0v) is 17.7. The van der Waals surface area contributed by atoms with Gasteiger partial charge in [0.1, 0.15) is 17.1 Å². The topological polar surface area (TPSA) is 90.6 Å². The molecular weight excluding hydrogens is 408 g/mol. The van der Waals surface area contributed by atoms with E-state index >= 15 is 0 Å². The highest BCUT2D eigenvalue weighted by Gasteiger charge is 2.23. The van der Waals surface area contributed by atoms with Gasteiger partial charge in [-0.05, 0) is 37.1 Å². The van der Waals surface area contributed by atoms with Crippen LogP contribution in [0.3, 0.4) is 0 Å². The molecule has 0 bridgehead atoms. The molecule has 5 rings (SSSR count). The Morgan fingerprint density at radius 2 is 1.91 bits per heavy atom. The second-order valence-corrected chi connectivity index (χ2v) is 7.57. The number of esters is 1. The lowest BCUT2D eigenvalue weighted by atomic mass is 10.1. The van der Waals surface area contributed by atoms with Gasteiger partial charge in [0.25, 0.3) is 5.89 Å². The summed E-state index contributed by atoms with van der Waals surface area (Å²) in [5.74, 6) is 1.51. The van der Waals surface area contributed by atoms with Crippen molar-refractivity contribution in [3.8, 4) is 17.1 Å². The van der Waals surface area contributed by atoms with E-state index in [9.17, 15) is 4.79 Å². The van der Waals surface area contributed by atoms with E-state index in [0.29, 0.717) is 23.0 Å². The van der Waals surface area contributed by atoms with E-state index < -0.39 is 5.97 Å². The molecule has 2 aromatic carbocycles. The van der Waals surface area contributed by atoms with Gasteiger partial charge in [0.05, 0.1) is 12.6 Å². The molecule has 1 aliphatic rings. The van der Waals surface area contributed by atoms with Gasteiger partial charge in [-0.2, -0.15) is 4.98 Å². The predicted octanol–water partition coefficient (Wildman–Crippen LogP) is 4.25. The Morgan fingerprint density at radius 3 is 2.75 bits per heavy atom. The third kappa shape index (κ3) is 3.99. The van der Waals surface area contributed by atoms with Crippen LogP contribution in [0.5, 0.6) is 5.75 Å². The maximum absolute atomic E-state index is 13.0. The van der Waals surface area contributed by atoms with Crippen molar-refractivity contribution in [2.24, 2.45) is 0 Å². The van der Waals surface area contributed by atoms with Gasteiger partial charge in [0.2, 0.25) is 5.82 Å². The first-order valence-electron chi connectivity index (χ1n) is 10.5. The number of aromatic nitrogens is 3. The fourth-order valence-electron chi connectivity index (χ4n) is 3.82. The summed E-state index contributed by atoms with van der Waals surface area (Å²) in [5.41, 5.74) is 2.05. The number of carbonyl (C=O) groups is 1. The molecule has 4 aromatic rings. The molecule has 0 radical (unpaired) electrons. The molecule has 2 aromatic heterocycles. The highest BCUT2D eigenvalue weighted by Crippen LogP contribution is 2.27. The number of methoxy groups -OCH3 is 1. The maximum atomic E-state index is 13.0. The van der Waals surface area contributed by atoms with Crippen molar-refractivity contribution in [1.29, 1.82) is 0 Å². The number of para-hydroxylation sites is 1. The standard InChI is InChI=1S/C24H22N4O4/c1-30-18-9-6-8-17(13-18)22-26-21(32-27-22)15-31-24(29)19-14-16-7-2-3-10-20(16)25-23(19)28-11-4-5-12-28/h2-3,6-10,13-14H,4-5,11-12,15H2,1H3. The van der Waals surface area contributed by atoms with E-state index in [2.05, 4.69) is 15.0 Å². The number of hydrogen-bond donors (Lipinski definition) is 0. The van der Waals surface area contributed by atoms with Crippen LogP contribution < -0.4 is 9.64 Å². The summed E-state index contributed by atoms with van der Waals surface area (Å²) in [5, 5.41) is 4.87. The Bertz CT molecular complexity index is 1260. The predicted molar refractivity (Wildman–Crippen MR) is 119 cm³/mol. The van der Waals surface area contributed by atoms with Gasteiger partial charge in [-0.25, -0.2) is 9.78 Å². The smallest absolute Gasteiger partial charge is 0.342 e. The molecule has 1 saturated heterocycles. The van der Waals surface area contributed by atoms with Gasteiger partial charge < -0.3 is 18.9 Å². The van der Waals surface area contributed by atoms with Crippen molar-refractivity contribution in [3.63, 3.8) is 0 Å². The molecule has 0 saturated carbocycles. The van der Waals surface area contributed by atoms with Crippen LogP contribution in [0, 0.1) is 0 Å². The molecule has 8 nitrogen and oxygen atoms in total. The van der Waals surface area contributed by atoms with Crippen molar-refractivity contribution >= 4 is 22.7 Å². The monoisotopic (exact) mass is 430 g/mol. The van der Waals surface area contributed by atoms with E-state index in [0.717, 1.165) is 42.4 Å².